The third-order valence-electron chi connectivity index (χ3n) is 4.95. The number of nitrogens with zero attached hydrogens (tertiary/aromatic N) is 2. The second kappa shape index (κ2) is 6.38. The largest absolute Gasteiger partial charge is 0.317 e. The fourth-order valence-corrected chi connectivity index (χ4v) is 7.11. The molecule has 27 heavy (non-hydrogen) atoms. The number of rotatable bonds is 3. The van der Waals surface area contributed by atoms with E-state index in [1.165, 1.54) is 35.7 Å². The van der Waals surface area contributed by atoms with E-state index in [2.05, 4.69) is 0 Å². The van der Waals surface area contributed by atoms with Crippen molar-refractivity contribution in [3.8, 4) is 0 Å². The van der Waals surface area contributed by atoms with E-state index in [4.69, 9.17) is 0 Å². The van der Waals surface area contributed by atoms with E-state index in [1.54, 1.807) is 42.5 Å². The Morgan fingerprint density at radius 3 is 2.26 bits per heavy atom. The van der Waals surface area contributed by atoms with Gasteiger partial charge in [0.25, 0.3) is 15.9 Å². The van der Waals surface area contributed by atoms with E-state index in [9.17, 15) is 18.0 Å². The Kier molecular flexibility index (Phi) is 4.27. The lowest BCUT2D eigenvalue weighted by Gasteiger charge is -2.55. The van der Waals surface area contributed by atoms with E-state index < -0.39 is 26.8 Å². The summed E-state index contributed by atoms with van der Waals surface area (Å²) in [5.41, 5.74) is 0.692. The van der Waals surface area contributed by atoms with Gasteiger partial charge >= 0.3 is 0 Å². The lowest BCUT2D eigenvalue weighted by molar-refractivity contribution is -0.159. The first-order valence-corrected chi connectivity index (χ1v) is 10.9. The SMILES string of the molecule is CC(=O)N1CCS[C@@]12C(=O)N(S(=O)(=O)c1ccccc1)[C@H]2c1ccccc1. The number of hydrogen-bond donors (Lipinski definition) is 0. The van der Waals surface area contributed by atoms with Gasteiger partial charge in [-0.2, -0.15) is 0 Å². The number of carbonyl (C=O) groups excluding carboxylic acids is 2. The van der Waals surface area contributed by atoms with Crippen molar-refractivity contribution in [2.75, 3.05) is 12.3 Å². The first-order valence-electron chi connectivity index (χ1n) is 8.52. The molecular formula is C19H18N2O4S2. The summed E-state index contributed by atoms with van der Waals surface area (Å²) in [6.07, 6.45) is 0. The van der Waals surface area contributed by atoms with Crippen LogP contribution in [0.15, 0.2) is 65.6 Å². The monoisotopic (exact) mass is 402 g/mol. The highest BCUT2D eigenvalue weighted by Crippen LogP contribution is 2.58. The number of carbonyl (C=O) groups is 2. The Morgan fingerprint density at radius 2 is 1.67 bits per heavy atom. The van der Waals surface area contributed by atoms with Crippen molar-refractivity contribution in [2.24, 2.45) is 0 Å². The quantitative estimate of drug-likeness (QED) is 0.736. The number of hydrogen-bond acceptors (Lipinski definition) is 5. The summed E-state index contributed by atoms with van der Waals surface area (Å²) in [4.78, 5) is 25.8. The van der Waals surface area contributed by atoms with E-state index in [0.29, 0.717) is 17.9 Å². The maximum absolute atomic E-state index is 13.2. The van der Waals surface area contributed by atoms with Gasteiger partial charge in [0, 0.05) is 19.2 Å². The molecule has 0 bridgehead atoms. The Morgan fingerprint density at radius 1 is 1.07 bits per heavy atom. The molecule has 2 aliphatic heterocycles. The standard InChI is InChI=1S/C19H18N2O4S2/c1-14(22)20-12-13-26-19(20)17(15-8-4-2-5-9-15)21(18(19)23)27(24,25)16-10-6-3-7-11-16/h2-11,17H,12-13H2,1H3/t17-,19-/m0/s1. The van der Waals surface area contributed by atoms with Gasteiger partial charge in [-0.05, 0) is 17.7 Å². The lowest BCUT2D eigenvalue weighted by Crippen LogP contribution is -2.73. The summed E-state index contributed by atoms with van der Waals surface area (Å²) in [6, 6.07) is 16.2. The van der Waals surface area contributed by atoms with Crippen LogP contribution in [0.4, 0.5) is 0 Å². The van der Waals surface area contributed by atoms with Crippen LogP contribution in [0.5, 0.6) is 0 Å². The molecule has 4 rings (SSSR count). The number of β-lactam (4-membered cyclic amide) rings is 1. The Bertz CT molecular complexity index is 995. The highest BCUT2D eigenvalue weighted by Gasteiger charge is 2.71. The highest BCUT2D eigenvalue weighted by atomic mass is 32.2. The van der Waals surface area contributed by atoms with E-state index in [0.717, 1.165) is 4.31 Å². The third kappa shape index (κ3) is 2.50. The number of sulfonamides is 1. The molecule has 140 valence electrons. The Hall–Kier alpha value is -2.32. The van der Waals surface area contributed by atoms with Crippen LogP contribution in [0, 0.1) is 0 Å². The zero-order valence-corrected chi connectivity index (χ0v) is 16.2. The van der Waals surface area contributed by atoms with Crippen LogP contribution in [0.1, 0.15) is 18.5 Å². The molecule has 2 heterocycles. The van der Waals surface area contributed by atoms with E-state index in [-0.39, 0.29) is 10.8 Å². The number of amides is 2. The zero-order chi connectivity index (χ0) is 19.2. The van der Waals surface area contributed by atoms with Crippen LogP contribution in [0.2, 0.25) is 0 Å². The molecule has 0 aromatic heterocycles. The molecule has 0 unspecified atom stereocenters. The molecule has 2 aromatic carbocycles. The van der Waals surface area contributed by atoms with Crippen molar-refractivity contribution in [3.05, 3.63) is 66.2 Å². The van der Waals surface area contributed by atoms with Crippen molar-refractivity contribution >= 4 is 33.6 Å². The molecule has 2 aromatic rings. The van der Waals surface area contributed by atoms with Crippen molar-refractivity contribution in [1.29, 1.82) is 0 Å². The maximum atomic E-state index is 13.2. The van der Waals surface area contributed by atoms with Gasteiger partial charge in [0.1, 0.15) is 6.04 Å². The van der Waals surface area contributed by atoms with Gasteiger partial charge < -0.3 is 4.90 Å². The topological polar surface area (TPSA) is 74.8 Å². The zero-order valence-electron chi connectivity index (χ0n) is 14.6. The molecule has 0 aliphatic carbocycles. The predicted octanol–water partition coefficient (Wildman–Crippen LogP) is 2.25. The molecule has 2 amide bonds. The van der Waals surface area contributed by atoms with Crippen LogP contribution < -0.4 is 0 Å². The van der Waals surface area contributed by atoms with Crippen molar-refractivity contribution in [3.63, 3.8) is 0 Å². The summed E-state index contributed by atoms with van der Waals surface area (Å²) in [7, 11) is -4.03. The smallest absolute Gasteiger partial charge is 0.276 e. The molecule has 0 N–H and O–H groups in total. The van der Waals surface area contributed by atoms with Gasteiger partial charge in [-0.15, -0.1) is 11.8 Å². The van der Waals surface area contributed by atoms with E-state index in [1.807, 2.05) is 6.07 Å². The number of thioether (sulfide) groups is 1. The van der Waals surface area contributed by atoms with Crippen LogP contribution in [-0.4, -0.2) is 46.6 Å². The second-order valence-corrected chi connectivity index (χ2v) is 9.58. The van der Waals surface area contributed by atoms with Gasteiger partial charge in [0.15, 0.2) is 4.87 Å². The van der Waals surface area contributed by atoms with Crippen molar-refractivity contribution in [2.45, 2.75) is 22.7 Å². The average molecular weight is 402 g/mol. The summed E-state index contributed by atoms with van der Waals surface area (Å²) >= 11 is 1.34. The molecule has 0 radical (unpaired) electrons. The van der Waals surface area contributed by atoms with Crippen molar-refractivity contribution in [1.82, 2.24) is 9.21 Å². The molecule has 2 atom stereocenters. The van der Waals surface area contributed by atoms with Gasteiger partial charge in [-0.25, -0.2) is 12.7 Å². The van der Waals surface area contributed by atoms with Crippen LogP contribution in [0.25, 0.3) is 0 Å². The fraction of sp³-hybridized carbons (Fsp3) is 0.263. The summed E-state index contributed by atoms with van der Waals surface area (Å²) in [5.74, 6) is -0.197. The first kappa shape index (κ1) is 18.1. The van der Waals surface area contributed by atoms with Crippen LogP contribution >= 0.6 is 11.8 Å². The lowest BCUT2D eigenvalue weighted by atomic mass is 9.89. The molecule has 8 heteroatoms. The minimum absolute atomic E-state index is 0.0616. The molecule has 6 nitrogen and oxygen atoms in total. The minimum atomic E-state index is -4.03. The molecule has 2 aliphatic rings. The summed E-state index contributed by atoms with van der Waals surface area (Å²) < 4.78 is 27.4. The van der Waals surface area contributed by atoms with Crippen LogP contribution in [-0.2, 0) is 19.6 Å². The molecule has 2 fully saturated rings. The van der Waals surface area contributed by atoms with Gasteiger partial charge in [-0.3, -0.25) is 9.59 Å². The highest BCUT2D eigenvalue weighted by molar-refractivity contribution is 8.02. The van der Waals surface area contributed by atoms with Gasteiger partial charge in [0.05, 0.1) is 4.90 Å². The maximum Gasteiger partial charge on any atom is 0.276 e. The average Bonchev–Trinajstić information content (AvgIpc) is 3.14. The van der Waals surface area contributed by atoms with Crippen molar-refractivity contribution < 1.29 is 18.0 Å². The second-order valence-electron chi connectivity index (χ2n) is 6.45. The first-order chi connectivity index (χ1) is 12.9. The fourth-order valence-electron chi connectivity index (χ4n) is 3.77. The predicted molar refractivity (Wildman–Crippen MR) is 102 cm³/mol. The van der Waals surface area contributed by atoms with Gasteiger partial charge in [0.2, 0.25) is 5.91 Å². The van der Waals surface area contributed by atoms with E-state index >= 15 is 0 Å². The molecule has 0 saturated carbocycles. The Balaban J connectivity index is 1.86. The van der Waals surface area contributed by atoms with Gasteiger partial charge in [-0.1, -0.05) is 48.5 Å². The minimum Gasteiger partial charge on any atom is -0.317 e. The van der Waals surface area contributed by atoms with Crippen LogP contribution in [0.3, 0.4) is 0 Å². The summed E-state index contributed by atoms with van der Waals surface area (Å²) in [5, 5.41) is 0. The molecular weight excluding hydrogens is 384 g/mol. The summed E-state index contributed by atoms with van der Waals surface area (Å²) in [6.45, 7) is 1.84. The molecule has 1 spiro atoms. The molecule has 2 saturated heterocycles. The number of benzene rings is 2. The normalized spacial score (nSPS) is 24.9. The Labute approximate surface area is 162 Å². The third-order valence-corrected chi connectivity index (χ3v) is 8.15.